The summed E-state index contributed by atoms with van der Waals surface area (Å²) in [6.45, 7) is 6.39. The van der Waals surface area contributed by atoms with Crippen molar-refractivity contribution >= 4 is 16.0 Å². The standard InChI is InChI=1S/C22H28N2O5S/c1-17(2)18-8-9-21(29-16-22(25)26)19(14-18)15-23-10-12-24(13-11-23)30(27,28)20-6-4-3-5-7-20/h3-9,14,17H,10-13,15-16H2,1-2H3,(H,25,26). The number of nitrogens with zero attached hydrogens (tertiary/aromatic N) is 2. The lowest BCUT2D eigenvalue weighted by molar-refractivity contribution is -0.139. The molecule has 8 heteroatoms. The molecule has 1 saturated heterocycles. The van der Waals surface area contributed by atoms with Gasteiger partial charge in [0.2, 0.25) is 10.0 Å². The van der Waals surface area contributed by atoms with E-state index in [0.717, 1.165) is 11.1 Å². The Bertz CT molecular complexity index is 968. The molecule has 1 fully saturated rings. The normalized spacial score (nSPS) is 16.0. The van der Waals surface area contributed by atoms with Crippen LogP contribution in [0.15, 0.2) is 53.4 Å². The van der Waals surface area contributed by atoms with E-state index in [1.165, 1.54) is 4.31 Å². The van der Waals surface area contributed by atoms with E-state index >= 15 is 0 Å². The van der Waals surface area contributed by atoms with Gasteiger partial charge < -0.3 is 9.84 Å². The van der Waals surface area contributed by atoms with Gasteiger partial charge in [-0.05, 0) is 29.7 Å². The van der Waals surface area contributed by atoms with E-state index in [0.29, 0.717) is 49.3 Å². The number of carboxylic acid groups (broad SMARTS) is 1. The lowest BCUT2D eigenvalue weighted by Gasteiger charge is -2.34. The second kappa shape index (κ2) is 9.59. The Labute approximate surface area is 177 Å². The van der Waals surface area contributed by atoms with Gasteiger partial charge in [-0.15, -0.1) is 0 Å². The summed E-state index contributed by atoms with van der Waals surface area (Å²) in [5.41, 5.74) is 2.07. The van der Waals surface area contributed by atoms with Crippen molar-refractivity contribution in [2.45, 2.75) is 31.2 Å². The summed E-state index contributed by atoms with van der Waals surface area (Å²) >= 11 is 0. The summed E-state index contributed by atoms with van der Waals surface area (Å²) in [7, 11) is -3.49. The molecule has 1 aliphatic heterocycles. The zero-order chi connectivity index (χ0) is 21.7. The van der Waals surface area contributed by atoms with Gasteiger partial charge in [-0.25, -0.2) is 13.2 Å². The molecule has 30 heavy (non-hydrogen) atoms. The monoisotopic (exact) mass is 432 g/mol. The van der Waals surface area contributed by atoms with Gasteiger partial charge in [0, 0.05) is 38.3 Å². The Morgan fingerprint density at radius 1 is 1.07 bits per heavy atom. The maximum atomic E-state index is 12.8. The van der Waals surface area contributed by atoms with Gasteiger partial charge in [-0.3, -0.25) is 4.90 Å². The van der Waals surface area contributed by atoms with Gasteiger partial charge in [-0.1, -0.05) is 44.2 Å². The quantitative estimate of drug-likeness (QED) is 0.690. The van der Waals surface area contributed by atoms with E-state index < -0.39 is 22.6 Å². The third-order valence-corrected chi connectivity index (χ3v) is 7.12. The van der Waals surface area contributed by atoms with Crippen LogP contribution in [0.4, 0.5) is 0 Å². The second-order valence-corrected chi connectivity index (χ2v) is 9.64. The average molecular weight is 433 g/mol. The summed E-state index contributed by atoms with van der Waals surface area (Å²) in [6.07, 6.45) is 0. The first-order chi connectivity index (χ1) is 14.3. The van der Waals surface area contributed by atoms with E-state index in [-0.39, 0.29) is 0 Å². The molecule has 1 heterocycles. The summed E-state index contributed by atoms with van der Waals surface area (Å²) in [5.74, 6) is -0.125. The van der Waals surface area contributed by atoms with Crippen molar-refractivity contribution in [1.29, 1.82) is 0 Å². The molecule has 0 aromatic heterocycles. The predicted molar refractivity (Wildman–Crippen MR) is 114 cm³/mol. The first-order valence-electron chi connectivity index (χ1n) is 10.0. The fourth-order valence-electron chi connectivity index (χ4n) is 3.47. The number of ether oxygens (including phenoxy) is 1. The summed E-state index contributed by atoms with van der Waals surface area (Å²) in [5, 5.41) is 8.93. The molecule has 2 aromatic rings. The number of carbonyl (C=O) groups is 1. The van der Waals surface area contributed by atoms with Gasteiger partial charge in [0.05, 0.1) is 4.90 Å². The maximum Gasteiger partial charge on any atom is 0.341 e. The lowest BCUT2D eigenvalue weighted by atomic mass is 10.00. The highest BCUT2D eigenvalue weighted by Crippen LogP contribution is 2.27. The van der Waals surface area contributed by atoms with Crippen LogP contribution in [0.1, 0.15) is 30.9 Å². The minimum Gasteiger partial charge on any atom is -0.482 e. The van der Waals surface area contributed by atoms with Crippen LogP contribution < -0.4 is 4.74 Å². The number of sulfonamides is 1. The van der Waals surface area contributed by atoms with Crippen LogP contribution in [-0.4, -0.2) is 61.5 Å². The maximum absolute atomic E-state index is 12.8. The van der Waals surface area contributed by atoms with Crippen LogP contribution in [0.25, 0.3) is 0 Å². The number of benzene rings is 2. The zero-order valence-electron chi connectivity index (χ0n) is 17.3. The van der Waals surface area contributed by atoms with Crippen LogP contribution >= 0.6 is 0 Å². The van der Waals surface area contributed by atoms with Crippen LogP contribution in [0.3, 0.4) is 0 Å². The number of piperazine rings is 1. The molecule has 1 aliphatic rings. The molecule has 0 bridgehead atoms. The van der Waals surface area contributed by atoms with Crippen LogP contribution in [0.2, 0.25) is 0 Å². The molecular weight excluding hydrogens is 404 g/mol. The van der Waals surface area contributed by atoms with Gasteiger partial charge in [0.1, 0.15) is 5.75 Å². The molecule has 0 atom stereocenters. The smallest absolute Gasteiger partial charge is 0.341 e. The third kappa shape index (κ3) is 5.38. The first-order valence-corrected chi connectivity index (χ1v) is 11.5. The number of hydrogen-bond acceptors (Lipinski definition) is 5. The van der Waals surface area contributed by atoms with Crippen molar-refractivity contribution in [3.63, 3.8) is 0 Å². The van der Waals surface area contributed by atoms with Crippen molar-refractivity contribution in [1.82, 2.24) is 9.21 Å². The Kier molecular flexibility index (Phi) is 7.12. The van der Waals surface area contributed by atoms with Crippen molar-refractivity contribution in [2.75, 3.05) is 32.8 Å². The lowest BCUT2D eigenvalue weighted by Crippen LogP contribution is -2.48. The fraction of sp³-hybridized carbons (Fsp3) is 0.409. The second-order valence-electron chi connectivity index (χ2n) is 7.70. The Balaban J connectivity index is 1.69. The van der Waals surface area contributed by atoms with Crippen molar-refractivity contribution in [3.05, 3.63) is 59.7 Å². The molecule has 162 valence electrons. The first kappa shape index (κ1) is 22.3. The molecule has 7 nitrogen and oxygen atoms in total. The SMILES string of the molecule is CC(C)c1ccc(OCC(=O)O)c(CN2CCN(S(=O)(=O)c3ccccc3)CC2)c1. The van der Waals surface area contributed by atoms with Gasteiger partial charge in [0.25, 0.3) is 0 Å². The number of aliphatic carboxylic acids is 1. The van der Waals surface area contributed by atoms with Crippen LogP contribution in [0.5, 0.6) is 5.75 Å². The highest BCUT2D eigenvalue weighted by molar-refractivity contribution is 7.89. The van der Waals surface area contributed by atoms with Crippen molar-refractivity contribution in [2.24, 2.45) is 0 Å². The summed E-state index contributed by atoms with van der Waals surface area (Å²) in [6, 6.07) is 14.3. The van der Waals surface area contributed by atoms with E-state index in [2.05, 4.69) is 24.8 Å². The molecule has 0 spiro atoms. The molecule has 0 amide bonds. The Morgan fingerprint density at radius 3 is 2.33 bits per heavy atom. The fourth-order valence-corrected chi connectivity index (χ4v) is 4.92. The highest BCUT2D eigenvalue weighted by atomic mass is 32.2. The Morgan fingerprint density at radius 2 is 1.73 bits per heavy atom. The Hall–Kier alpha value is -2.42. The van der Waals surface area contributed by atoms with Crippen LogP contribution in [-0.2, 0) is 21.4 Å². The molecule has 3 rings (SSSR count). The number of hydrogen-bond donors (Lipinski definition) is 1. The molecule has 0 saturated carbocycles. The van der Waals surface area contributed by atoms with E-state index in [9.17, 15) is 13.2 Å². The molecule has 0 aliphatic carbocycles. The topological polar surface area (TPSA) is 87.2 Å². The van der Waals surface area contributed by atoms with Gasteiger partial charge >= 0.3 is 5.97 Å². The average Bonchev–Trinajstić information content (AvgIpc) is 2.73. The van der Waals surface area contributed by atoms with Crippen molar-refractivity contribution < 1.29 is 23.1 Å². The molecule has 0 radical (unpaired) electrons. The summed E-state index contributed by atoms with van der Waals surface area (Å²) < 4.78 is 32.6. The molecule has 1 N–H and O–H groups in total. The minimum absolute atomic E-state index is 0.312. The number of rotatable bonds is 8. The van der Waals surface area contributed by atoms with E-state index in [1.54, 1.807) is 30.3 Å². The molecular formula is C22H28N2O5S. The zero-order valence-corrected chi connectivity index (χ0v) is 18.1. The minimum atomic E-state index is -3.49. The third-order valence-electron chi connectivity index (χ3n) is 5.21. The molecule has 0 unspecified atom stereocenters. The van der Waals surface area contributed by atoms with Crippen molar-refractivity contribution in [3.8, 4) is 5.75 Å². The number of carboxylic acids is 1. The van der Waals surface area contributed by atoms with Gasteiger partial charge in [-0.2, -0.15) is 4.31 Å². The predicted octanol–water partition coefficient (Wildman–Crippen LogP) is 2.78. The van der Waals surface area contributed by atoms with Crippen LogP contribution in [0, 0.1) is 0 Å². The largest absolute Gasteiger partial charge is 0.482 e. The van der Waals surface area contributed by atoms with E-state index in [1.807, 2.05) is 12.1 Å². The molecule has 2 aromatic carbocycles. The van der Waals surface area contributed by atoms with Gasteiger partial charge in [0.15, 0.2) is 6.61 Å². The summed E-state index contributed by atoms with van der Waals surface area (Å²) in [4.78, 5) is 13.4. The highest BCUT2D eigenvalue weighted by Gasteiger charge is 2.28. The van der Waals surface area contributed by atoms with E-state index in [4.69, 9.17) is 9.84 Å².